The molecular weight excluding hydrogens is 358 g/mol. The summed E-state index contributed by atoms with van der Waals surface area (Å²) in [6.45, 7) is 0.496. The quantitative estimate of drug-likeness (QED) is 0.751. The first-order valence-electron chi connectivity index (χ1n) is 8.93. The Labute approximate surface area is 161 Å². The molecule has 1 fully saturated rings. The first kappa shape index (κ1) is 17.9. The normalized spacial score (nSPS) is 19.0. The second-order valence-electron chi connectivity index (χ2n) is 6.80. The van der Waals surface area contributed by atoms with Crippen molar-refractivity contribution in [3.63, 3.8) is 0 Å². The standard InChI is InChI=1S/C21H19N3O4/c1-28-15-4-2-3-13(9-15)16-11-24(12-17(16)21(26)27)20(25)14-5-6-18-19(10-14)23-8-7-22-18/h2-10,16-17H,11-12H2,1H3,(H,26,27). The molecule has 2 unspecified atom stereocenters. The Balaban J connectivity index is 1.62. The van der Waals surface area contributed by atoms with Gasteiger partial charge in [-0.15, -0.1) is 0 Å². The summed E-state index contributed by atoms with van der Waals surface area (Å²) < 4.78 is 5.25. The molecule has 0 aliphatic carbocycles. The van der Waals surface area contributed by atoms with Crippen LogP contribution in [0.15, 0.2) is 54.9 Å². The number of aliphatic carboxylic acids is 1. The summed E-state index contributed by atoms with van der Waals surface area (Å²) in [5.74, 6) is -1.41. The third kappa shape index (κ3) is 3.26. The third-order valence-electron chi connectivity index (χ3n) is 5.16. The highest BCUT2D eigenvalue weighted by Gasteiger charge is 2.40. The molecule has 0 radical (unpaired) electrons. The molecule has 1 saturated heterocycles. The summed E-state index contributed by atoms with van der Waals surface area (Å²) in [6, 6.07) is 12.5. The fraction of sp³-hybridized carbons (Fsp3) is 0.238. The van der Waals surface area contributed by atoms with Gasteiger partial charge >= 0.3 is 5.97 Å². The van der Waals surface area contributed by atoms with E-state index in [4.69, 9.17) is 4.74 Å². The summed E-state index contributed by atoms with van der Waals surface area (Å²) in [5, 5.41) is 9.70. The average Bonchev–Trinajstić information content (AvgIpc) is 3.19. The van der Waals surface area contributed by atoms with Crippen molar-refractivity contribution in [3.05, 3.63) is 66.0 Å². The summed E-state index contributed by atoms with van der Waals surface area (Å²) in [5.41, 5.74) is 2.67. The summed E-state index contributed by atoms with van der Waals surface area (Å²) in [6.07, 6.45) is 3.17. The number of methoxy groups -OCH3 is 1. The molecule has 2 atom stereocenters. The minimum absolute atomic E-state index is 0.161. The number of carboxylic acid groups (broad SMARTS) is 1. The molecule has 28 heavy (non-hydrogen) atoms. The number of benzene rings is 2. The fourth-order valence-electron chi connectivity index (χ4n) is 3.71. The van der Waals surface area contributed by atoms with E-state index in [1.165, 1.54) is 0 Å². The van der Waals surface area contributed by atoms with Crippen molar-refractivity contribution in [2.45, 2.75) is 5.92 Å². The van der Waals surface area contributed by atoms with Crippen molar-refractivity contribution in [2.24, 2.45) is 5.92 Å². The number of amides is 1. The zero-order chi connectivity index (χ0) is 19.7. The third-order valence-corrected chi connectivity index (χ3v) is 5.16. The second kappa shape index (κ2) is 7.26. The molecule has 0 saturated carbocycles. The molecule has 2 heterocycles. The van der Waals surface area contributed by atoms with E-state index in [1.807, 2.05) is 24.3 Å². The SMILES string of the molecule is COc1cccc(C2CN(C(=O)c3ccc4nccnc4c3)CC2C(=O)O)c1. The molecule has 0 spiro atoms. The number of carboxylic acids is 1. The van der Waals surface area contributed by atoms with Crippen LogP contribution in [-0.2, 0) is 4.79 Å². The number of carbonyl (C=O) groups excluding carboxylic acids is 1. The highest BCUT2D eigenvalue weighted by Crippen LogP contribution is 2.35. The van der Waals surface area contributed by atoms with Crippen LogP contribution in [0.25, 0.3) is 11.0 Å². The minimum atomic E-state index is -0.910. The van der Waals surface area contributed by atoms with Gasteiger partial charge in [-0.1, -0.05) is 12.1 Å². The molecule has 1 amide bonds. The van der Waals surface area contributed by atoms with Gasteiger partial charge in [-0.3, -0.25) is 19.6 Å². The van der Waals surface area contributed by atoms with E-state index >= 15 is 0 Å². The number of nitrogens with zero attached hydrogens (tertiary/aromatic N) is 3. The van der Waals surface area contributed by atoms with Crippen LogP contribution in [0, 0.1) is 5.92 Å². The largest absolute Gasteiger partial charge is 0.497 e. The lowest BCUT2D eigenvalue weighted by molar-refractivity contribution is -0.141. The van der Waals surface area contributed by atoms with Crippen molar-refractivity contribution in [2.75, 3.05) is 20.2 Å². The first-order chi connectivity index (χ1) is 13.6. The Hall–Kier alpha value is -3.48. The number of hydrogen-bond donors (Lipinski definition) is 1. The monoisotopic (exact) mass is 377 g/mol. The van der Waals surface area contributed by atoms with Crippen LogP contribution >= 0.6 is 0 Å². The Morgan fingerprint density at radius 3 is 2.61 bits per heavy atom. The summed E-state index contributed by atoms with van der Waals surface area (Å²) >= 11 is 0. The molecule has 2 aromatic carbocycles. The van der Waals surface area contributed by atoms with Crippen LogP contribution in [0.2, 0.25) is 0 Å². The Morgan fingerprint density at radius 1 is 1.07 bits per heavy atom. The van der Waals surface area contributed by atoms with Crippen LogP contribution in [0.5, 0.6) is 5.75 Å². The maximum absolute atomic E-state index is 13.0. The molecule has 142 valence electrons. The molecule has 1 N–H and O–H groups in total. The molecule has 0 bridgehead atoms. The number of carbonyl (C=O) groups is 2. The molecular formula is C21H19N3O4. The number of ether oxygens (including phenoxy) is 1. The molecule has 1 aliphatic rings. The lowest BCUT2D eigenvalue weighted by atomic mass is 9.89. The zero-order valence-electron chi connectivity index (χ0n) is 15.3. The van der Waals surface area contributed by atoms with Crippen LogP contribution < -0.4 is 4.74 Å². The molecule has 3 aromatic rings. The van der Waals surface area contributed by atoms with Crippen molar-refractivity contribution in [1.29, 1.82) is 0 Å². The Morgan fingerprint density at radius 2 is 1.86 bits per heavy atom. The molecule has 1 aromatic heterocycles. The predicted molar refractivity (Wildman–Crippen MR) is 102 cm³/mol. The van der Waals surface area contributed by atoms with Crippen LogP contribution in [-0.4, -0.2) is 52.1 Å². The lowest BCUT2D eigenvalue weighted by Gasteiger charge is -2.17. The van der Waals surface area contributed by atoms with Crippen LogP contribution in [0.1, 0.15) is 21.8 Å². The number of fused-ring (bicyclic) bond motifs is 1. The van der Waals surface area contributed by atoms with Crippen molar-refractivity contribution < 1.29 is 19.4 Å². The van der Waals surface area contributed by atoms with Crippen molar-refractivity contribution >= 4 is 22.9 Å². The number of likely N-dealkylation sites (tertiary alicyclic amines) is 1. The van der Waals surface area contributed by atoms with Crippen molar-refractivity contribution in [1.82, 2.24) is 14.9 Å². The Kier molecular flexibility index (Phi) is 4.65. The van der Waals surface area contributed by atoms with Gasteiger partial charge in [0.15, 0.2) is 0 Å². The highest BCUT2D eigenvalue weighted by molar-refractivity contribution is 5.97. The van der Waals surface area contributed by atoms with E-state index in [2.05, 4.69) is 9.97 Å². The maximum atomic E-state index is 13.0. The second-order valence-corrected chi connectivity index (χ2v) is 6.80. The van der Waals surface area contributed by atoms with E-state index in [-0.39, 0.29) is 18.4 Å². The predicted octanol–water partition coefficient (Wildman–Crippen LogP) is 2.58. The van der Waals surface area contributed by atoms with Gasteiger partial charge in [0.1, 0.15) is 5.75 Å². The summed E-state index contributed by atoms with van der Waals surface area (Å²) in [7, 11) is 1.57. The molecule has 7 heteroatoms. The van der Waals surface area contributed by atoms with E-state index in [0.717, 1.165) is 5.56 Å². The summed E-state index contributed by atoms with van der Waals surface area (Å²) in [4.78, 5) is 34.9. The topological polar surface area (TPSA) is 92.6 Å². The molecule has 4 rings (SSSR count). The smallest absolute Gasteiger partial charge is 0.308 e. The van der Waals surface area contributed by atoms with Gasteiger partial charge in [0.2, 0.25) is 0 Å². The Bertz CT molecular complexity index is 1050. The van der Waals surface area contributed by atoms with Gasteiger partial charge in [-0.2, -0.15) is 0 Å². The molecule has 7 nitrogen and oxygen atoms in total. The zero-order valence-corrected chi connectivity index (χ0v) is 15.3. The van der Waals surface area contributed by atoms with Gasteiger partial charge in [-0.05, 0) is 35.9 Å². The number of hydrogen-bond acceptors (Lipinski definition) is 5. The van der Waals surface area contributed by atoms with E-state index in [1.54, 1.807) is 42.6 Å². The van der Waals surface area contributed by atoms with E-state index < -0.39 is 11.9 Å². The van der Waals surface area contributed by atoms with Gasteiger partial charge in [0.05, 0.1) is 24.1 Å². The lowest BCUT2D eigenvalue weighted by Crippen LogP contribution is -2.29. The molecule has 1 aliphatic heterocycles. The van der Waals surface area contributed by atoms with Crippen LogP contribution in [0.3, 0.4) is 0 Å². The highest BCUT2D eigenvalue weighted by atomic mass is 16.5. The van der Waals surface area contributed by atoms with E-state index in [9.17, 15) is 14.7 Å². The maximum Gasteiger partial charge on any atom is 0.308 e. The average molecular weight is 377 g/mol. The van der Waals surface area contributed by atoms with Gasteiger partial charge in [0.25, 0.3) is 5.91 Å². The van der Waals surface area contributed by atoms with Gasteiger partial charge in [0, 0.05) is 37.0 Å². The van der Waals surface area contributed by atoms with Gasteiger partial charge < -0.3 is 14.7 Å². The van der Waals surface area contributed by atoms with Gasteiger partial charge in [-0.25, -0.2) is 0 Å². The fourth-order valence-corrected chi connectivity index (χ4v) is 3.71. The van der Waals surface area contributed by atoms with E-state index in [0.29, 0.717) is 28.9 Å². The van der Waals surface area contributed by atoms with Crippen molar-refractivity contribution in [3.8, 4) is 5.75 Å². The first-order valence-corrected chi connectivity index (χ1v) is 8.93. The minimum Gasteiger partial charge on any atom is -0.497 e. The number of rotatable bonds is 4. The number of aromatic nitrogens is 2. The van der Waals surface area contributed by atoms with Crippen LogP contribution in [0.4, 0.5) is 0 Å².